The molecule has 0 heterocycles. The zero-order chi connectivity index (χ0) is 21.3. The van der Waals surface area contributed by atoms with E-state index in [1.165, 1.54) is 17.2 Å². The Bertz CT molecular complexity index is 1110. The van der Waals surface area contributed by atoms with Crippen LogP contribution in [0.15, 0.2) is 66.7 Å². The van der Waals surface area contributed by atoms with Gasteiger partial charge in [0, 0.05) is 32.1 Å². The molecule has 3 aromatic carbocycles. The normalized spacial score (nSPS) is 16.8. The van der Waals surface area contributed by atoms with Crippen molar-refractivity contribution in [2.75, 3.05) is 0 Å². The average Bonchev–Trinajstić information content (AvgIpc) is 3.11. The monoisotopic (exact) mass is 490 g/mol. The van der Waals surface area contributed by atoms with E-state index in [9.17, 15) is 14.7 Å². The second kappa shape index (κ2) is 9.74. The Morgan fingerprint density at radius 3 is 2.32 bits per heavy atom. The second-order valence-corrected chi connectivity index (χ2v) is 7.72. The third kappa shape index (κ3) is 4.43. The van der Waals surface area contributed by atoms with E-state index in [4.69, 9.17) is 4.74 Å². The van der Waals surface area contributed by atoms with Gasteiger partial charge in [0.15, 0.2) is 0 Å². The number of aromatic carboxylic acids is 1. The Morgan fingerprint density at radius 1 is 0.968 bits per heavy atom. The van der Waals surface area contributed by atoms with Crippen LogP contribution < -0.4 is 0 Å². The molecule has 2 atom stereocenters. The summed E-state index contributed by atoms with van der Waals surface area (Å²) in [6, 6.07) is 21.1. The smallest absolute Gasteiger partial charge is 0.339 e. The van der Waals surface area contributed by atoms with Crippen LogP contribution in [0, 0.1) is 12.8 Å². The third-order valence-electron chi connectivity index (χ3n) is 6.04. The number of hydrogen-bond donors (Lipinski definition) is 1. The minimum Gasteiger partial charge on any atom is -0.478 e. The molecule has 0 saturated carbocycles. The van der Waals surface area contributed by atoms with Gasteiger partial charge in [-0.1, -0.05) is 61.5 Å². The Labute approximate surface area is 201 Å². The summed E-state index contributed by atoms with van der Waals surface area (Å²) in [7, 11) is 0. The molecule has 4 nitrogen and oxygen atoms in total. The number of carbonyl (C=O) groups excluding carboxylic acids is 1. The number of benzene rings is 3. The van der Waals surface area contributed by atoms with Crippen LogP contribution in [0.5, 0.6) is 0 Å². The Kier molecular flexibility index (Phi) is 7.28. The van der Waals surface area contributed by atoms with Gasteiger partial charge < -0.3 is 9.84 Å². The fourth-order valence-electron chi connectivity index (χ4n) is 4.40. The molecule has 1 aliphatic carbocycles. The van der Waals surface area contributed by atoms with Crippen LogP contribution >= 0.6 is 0 Å². The van der Waals surface area contributed by atoms with Gasteiger partial charge in [-0.25, -0.2) is 9.59 Å². The molecular formula is C26H24O4Zr. The summed E-state index contributed by atoms with van der Waals surface area (Å²) >= 11 is 0. The first-order valence-electron chi connectivity index (χ1n) is 10.2. The van der Waals surface area contributed by atoms with Gasteiger partial charge in [-0.3, -0.25) is 0 Å². The first-order chi connectivity index (χ1) is 14.5. The van der Waals surface area contributed by atoms with Gasteiger partial charge in [-0.15, -0.1) is 0 Å². The van der Waals surface area contributed by atoms with Crippen LogP contribution in [0.4, 0.5) is 0 Å². The molecule has 0 fully saturated rings. The summed E-state index contributed by atoms with van der Waals surface area (Å²) in [6.07, 6.45) is 1.40. The van der Waals surface area contributed by atoms with Crippen LogP contribution in [0.2, 0.25) is 0 Å². The predicted octanol–water partition coefficient (Wildman–Crippen LogP) is 5.84. The van der Waals surface area contributed by atoms with E-state index in [1.54, 1.807) is 19.1 Å². The number of carbonyl (C=O) groups is 2. The van der Waals surface area contributed by atoms with E-state index < -0.39 is 11.9 Å². The van der Waals surface area contributed by atoms with Crippen molar-refractivity contribution in [2.45, 2.75) is 32.8 Å². The van der Waals surface area contributed by atoms with Crippen molar-refractivity contribution < 1.29 is 45.6 Å². The first-order valence-corrected chi connectivity index (χ1v) is 10.2. The second-order valence-electron chi connectivity index (χ2n) is 7.72. The summed E-state index contributed by atoms with van der Waals surface area (Å²) in [5, 5.41) is 9.35. The molecule has 0 spiro atoms. The van der Waals surface area contributed by atoms with Gasteiger partial charge in [0.25, 0.3) is 0 Å². The van der Waals surface area contributed by atoms with Gasteiger partial charge in [0.2, 0.25) is 0 Å². The molecular weight excluding hydrogens is 468 g/mol. The minimum absolute atomic E-state index is 0. The van der Waals surface area contributed by atoms with Crippen molar-refractivity contribution >= 4 is 11.9 Å². The maximum absolute atomic E-state index is 13.0. The van der Waals surface area contributed by atoms with Gasteiger partial charge in [0.1, 0.15) is 6.10 Å². The van der Waals surface area contributed by atoms with Crippen LogP contribution in [-0.4, -0.2) is 17.0 Å². The van der Waals surface area contributed by atoms with Crippen molar-refractivity contribution in [1.29, 1.82) is 0 Å². The van der Waals surface area contributed by atoms with Crippen molar-refractivity contribution in [2.24, 2.45) is 5.92 Å². The number of hydrogen-bond acceptors (Lipinski definition) is 3. The van der Waals surface area contributed by atoms with Crippen LogP contribution in [0.25, 0.3) is 11.1 Å². The van der Waals surface area contributed by atoms with Gasteiger partial charge in [-0.05, 0) is 59.7 Å². The summed E-state index contributed by atoms with van der Waals surface area (Å²) in [4.78, 5) is 24.4. The van der Waals surface area contributed by atoms with Crippen molar-refractivity contribution in [1.82, 2.24) is 0 Å². The number of rotatable bonds is 5. The summed E-state index contributed by atoms with van der Waals surface area (Å²) in [6.45, 7) is 3.75. The maximum atomic E-state index is 13.0. The molecule has 0 aliphatic heterocycles. The minimum atomic E-state index is -1.05. The average molecular weight is 492 g/mol. The molecule has 0 bridgehead atoms. The summed E-state index contributed by atoms with van der Waals surface area (Å²) in [5.74, 6) is -1.33. The molecule has 4 rings (SSSR count). The van der Waals surface area contributed by atoms with E-state index >= 15 is 0 Å². The fraction of sp³-hybridized carbons (Fsp3) is 0.231. The predicted molar refractivity (Wildman–Crippen MR) is 116 cm³/mol. The van der Waals surface area contributed by atoms with Crippen molar-refractivity contribution in [3.63, 3.8) is 0 Å². The zero-order valence-electron chi connectivity index (χ0n) is 17.6. The molecule has 3 aromatic rings. The van der Waals surface area contributed by atoms with Crippen LogP contribution in [0.1, 0.15) is 56.9 Å². The molecule has 0 saturated heterocycles. The van der Waals surface area contributed by atoms with E-state index in [1.807, 2.05) is 30.3 Å². The SMILES string of the molecule is CCC1Cc2c(-c3ccccc3)cccc2C1OC(=O)c1cccc(C(=O)O)c1C.[Zr]. The molecule has 2 unspecified atom stereocenters. The Morgan fingerprint density at radius 2 is 1.65 bits per heavy atom. The quantitative estimate of drug-likeness (QED) is 0.456. The molecule has 0 radical (unpaired) electrons. The summed E-state index contributed by atoms with van der Waals surface area (Å²) < 4.78 is 6.00. The molecule has 1 N–H and O–H groups in total. The molecule has 1 aliphatic rings. The standard InChI is InChI=1S/C26H24O4.Zr/c1-3-17-15-23-21(18-9-5-4-6-10-18)13-8-14-22(23)24(17)30-26(29)20-12-7-11-19(16(20)2)25(27)28;/h4-14,17,24H,3,15H2,1-2H3,(H,27,28);. The van der Waals surface area contributed by atoms with E-state index in [0.717, 1.165) is 24.0 Å². The number of carboxylic acids is 1. The van der Waals surface area contributed by atoms with Crippen LogP contribution in [0.3, 0.4) is 0 Å². The van der Waals surface area contributed by atoms with Gasteiger partial charge in [0.05, 0.1) is 11.1 Å². The third-order valence-corrected chi connectivity index (χ3v) is 6.04. The van der Waals surface area contributed by atoms with Gasteiger partial charge >= 0.3 is 11.9 Å². The molecule has 31 heavy (non-hydrogen) atoms. The molecule has 0 amide bonds. The van der Waals surface area contributed by atoms with Crippen LogP contribution in [-0.2, 0) is 37.4 Å². The number of carboxylic acid groups (broad SMARTS) is 1. The van der Waals surface area contributed by atoms with Crippen molar-refractivity contribution in [3.05, 3.63) is 94.5 Å². The Hall–Kier alpha value is -2.52. The molecule has 156 valence electrons. The maximum Gasteiger partial charge on any atom is 0.339 e. The van der Waals surface area contributed by atoms with E-state index in [-0.39, 0.29) is 43.8 Å². The Balaban J connectivity index is 0.00000272. The topological polar surface area (TPSA) is 63.6 Å². The summed E-state index contributed by atoms with van der Waals surface area (Å²) in [5.41, 5.74) is 5.45. The van der Waals surface area contributed by atoms with Gasteiger partial charge in [-0.2, -0.15) is 0 Å². The number of esters is 1. The molecule has 5 heteroatoms. The number of ether oxygens (including phenoxy) is 1. The zero-order valence-corrected chi connectivity index (χ0v) is 20.0. The van der Waals surface area contributed by atoms with E-state index in [2.05, 4.69) is 25.1 Å². The fourth-order valence-corrected chi connectivity index (χ4v) is 4.40. The largest absolute Gasteiger partial charge is 0.478 e. The van der Waals surface area contributed by atoms with Crippen molar-refractivity contribution in [3.8, 4) is 11.1 Å². The molecule has 0 aromatic heterocycles. The first kappa shape index (κ1) is 23.2. The number of fused-ring (bicyclic) bond motifs is 1. The van der Waals surface area contributed by atoms with E-state index in [0.29, 0.717) is 11.1 Å².